The number of Topliss-reactive ketones (excluding diaryl/α,β-unsaturated/α-hetero) is 1. The average Bonchev–Trinajstić information content (AvgIpc) is 2.85. The van der Waals surface area contributed by atoms with Crippen molar-refractivity contribution in [1.82, 2.24) is 0 Å². The Morgan fingerprint density at radius 2 is 1.25 bits per heavy atom. The van der Waals surface area contributed by atoms with Gasteiger partial charge in [0.2, 0.25) is 0 Å². The van der Waals surface area contributed by atoms with Gasteiger partial charge in [-0.1, -0.05) is 30.3 Å². The number of carboxylic acid groups (broad SMARTS) is 2. The predicted octanol–water partition coefficient (Wildman–Crippen LogP) is 7.19. The summed E-state index contributed by atoms with van der Waals surface area (Å²) in [6, 6.07) is 9.50. The van der Waals surface area contributed by atoms with Crippen LogP contribution in [-0.4, -0.2) is 33.7 Å². The van der Waals surface area contributed by atoms with Crippen LogP contribution in [-0.2, 0) is 25.2 Å². The highest BCUT2D eigenvalue weighted by Gasteiger charge is 2.48. The third kappa shape index (κ3) is 5.32. The largest absolute Gasteiger partial charge is 0.478 e. The standard InChI is InChI=1S/C28H20F6O5S/c1-14-5-2-8-17-22(14)40-13-26(23(17)35,11-18-15(24(36)37)6-3-9-20(18)27(29,30)31)12-19-16(25(38)39)7-4-10-21(19)28(32,33)34/h2-10H,11-13H2,1H3,(H,36,37)(H,38,39). The number of benzene rings is 3. The summed E-state index contributed by atoms with van der Waals surface area (Å²) in [6.07, 6.45) is -11.9. The number of aromatic carboxylic acids is 2. The van der Waals surface area contributed by atoms with Crippen LogP contribution >= 0.6 is 11.8 Å². The number of carbonyl (C=O) groups excluding carboxylic acids is 1. The molecule has 0 aliphatic carbocycles. The normalized spacial score (nSPS) is 15.0. The second kappa shape index (κ2) is 10.3. The summed E-state index contributed by atoms with van der Waals surface area (Å²) < 4.78 is 84.4. The summed E-state index contributed by atoms with van der Waals surface area (Å²) in [4.78, 5) is 38.6. The van der Waals surface area contributed by atoms with E-state index < -0.39 is 81.7 Å². The van der Waals surface area contributed by atoms with Crippen LogP contribution in [0.1, 0.15) is 58.9 Å². The van der Waals surface area contributed by atoms with E-state index in [9.17, 15) is 50.9 Å². The number of ketones is 1. The fourth-order valence-corrected chi connectivity index (χ4v) is 6.44. The molecule has 40 heavy (non-hydrogen) atoms. The quantitative estimate of drug-likeness (QED) is 0.299. The van der Waals surface area contributed by atoms with Crippen LogP contribution in [0, 0.1) is 12.3 Å². The van der Waals surface area contributed by atoms with E-state index in [0.717, 1.165) is 36.0 Å². The highest BCUT2D eigenvalue weighted by atomic mass is 32.2. The molecule has 1 heterocycles. The van der Waals surface area contributed by atoms with Gasteiger partial charge in [0.05, 0.1) is 27.7 Å². The van der Waals surface area contributed by atoms with Crippen molar-refractivity contribution < 1.29 is 50.9 Å². The van der Waals surface area contributed by atoms with Crippen molar-refractivity contribution in [3.8, 4) is 0 Å². The molecule has 0 radical (unpaired) electrons. The maximum Gasteiger partial charge on any atom is 0.416 e. The Morgan fingerprint density at radius 3 is 1.68 bits per heavy atom. The molecule has 0 saturated heterocycles. The predicted molar refractivity (Wildman–Crippen MR) is 133 cm³/mol. The maximum atomic E-state index is 14.1. The van der Waals surface area contributed by atoms with Gasteiger partial charge in [-0.05, 0) is 60.7 Å². The van der Waals surface area contributed by atoms with Gasteiger partial charge in [0.25, 0.3) is 0 Å². The van der Waals surface area contributed by atoms with Crippen LogP contribution in [0.25, 0.3) is 0 Å². The zero-order valence-electron chi connectivity index (χ0n) is 20.6. The zero-order chi connectivity index (χ0) is 29.6. The highest BCUT2D eigenvalue weighted by Crippen LogP contribution is 2.48. The summed E-state index contributed by atoms with van der Waals surface area (Å²) in [5, 5.41) is 19.4. The molecule has 0 aromatic heterocycles. The van der Waals surface area contributed by atoms with E-state index in [1.165, 1.54) is 12.1 Å². The van der Waals surface area contributed by atoms with Crippen molar-refractivity contribution in [3.63, 3.8) is 0 Å². The lowest BCUT2D eigenvalue weighted by Gasteiger charge is -2.38. The van der Waals surface area contributed by atoms with Crippen LogP contribution in [0.15, 0.2) is 59.5 Å². The highest BCUT2D eigenvalue weighted by molar-refractivity contribution is 7.99. The van der Waals surface area contributed by atoms with Gasteiger partial charge < -0.3 is 10.2 Å². The lowest BCUT2D eigenvalue weighted by Crippen LogP contribution is -2.43. The first-order chi connectivity index (χ1) is 18.6. The fraction of sp³-hybridized carbons (Fsp3) is 0.250. The maximum absolute atomic E-state index is 14.1. The van der Waals surface area contributed by atoms with Crippen molar-refractivity contribution >= 4 is 29.5 Å². The molecular formula is C28H20F6O5S. The van der Waals surface area contributed by atoms with Gasteiger partial charge in [-0.3, -0.25) is 4.79 Å². The minimum atomic E-state index is -5.04. The van der Waals surface area contributed by atoms with E-state index in [1.807, 2.05) is 0 Å². The summed E-state index contributed by atoms with van der Waals surface area (Å²) in [7, 11) is 0. The van der Waals surface area contributed by atoms with Gasteiger partial charge in [0, 0.05) is 16.2 Å². The van der Waals surface area contributed by atoms with Crippen LogP contribution in [0.4, 0.5) is 26.3 Å². The van der Waals surface area contributed by atoms with Crippen molar-refractivity contribution in [2.45, 2.75) is 37.0 Å². The number of thioether (sulfide) groups is 1. The number of fused-ring (bicyclic) bond motifs is 1. The van der Waals surface area contributed by atoms with Crippen molar-refractivity contribution in [1.29, 1.82) is 0 Å². The molecule has 210 valence electrons. The zero-order valence-corrected chi connectivity index (χ0v) is 21.4. The molecule has 0 amide bonds. The van der Waals surface area contributed by atoms with Crippen molar-refractivity contribution in [2.24, 2.45) is 5.41 Å². The summed E-state index contributed by atoms with van der Waals surface area (Å²) in [6.45, 7) is 1.69. The molecule has 0 bridgehead atoms. The van der Waals surface area contributed by atoms with Gasteiger partial charge in [-0.2, -0.15) is 26.3 Å². The Balaban J connectivity index is 2.03. The van der Waals surface area contributed by atoms with Crippen molar-refractivity contribution in [3.05, 3.63) is 99.1 Å². The topological polar surface area (TPSA) is 91.7 Å². The third-order valence-corrected chi connectivity index (χ3v) is 8.41. The monoisotopic (exact) mass is 582 g/mol. The van der Waals surface area contributed by atoms with E-state index in [1.54, 1.807) is 13.0 Å². The number of hydrogen-bond acceptors (Lipinski definition) is 4. The third-order valence-electron chi connectivity index (χ3n) is 6.88. The van der Waals surface area contributed by atoms with E-state index in [2.05, 4.69) is 0 Å². The van der Waals surface area contributed by atoms with Crippen LogP contribution < -0.4 is 0 Å². The second-order valence-corrected chi connectivity index (χ2v) is 10.5. The number of hydrogen-bond donors (Lipinski definition) is 2. The number of halogens is 6. The van der Waals surface area contributed by atoms with Gasteiger partial charge in [-0.15, -0.1) is 11.8 Å². The molecule has 5 nitrogen and oxygen atoms in total. The molecule has 12 heteroatoms. The smallest absolute Gasteiger partial charge is 0.416 e. The molecule has 0 spiro atoms. The van der Waals surface area contributed by atoms with Gasteiger partial charge >= 0.3 is 24.3 Å². The van der Waals surface area contributed by atoms with Gasteiger partial charge in [0.1, 0.15) is 0 Å². The summed E-state index contributed by atoms with van der Waals surface area (Å²) in [5.74, 6) is -4.55. The first-order valence-corrected chi connectivity index (χ1v) is 12.7. The van der Waals surface area contributed by atoms with Crippen molar-refractivity contribution in [2.75, 3.05) is 5.75 Å². The van der Waals surface area contributed by atoms with Crippen LogP contribution in [0.5, 0.6) is 0 Å². The molecule has 4 rings (SSSR count). The molecule has 3 aromatic carbocycles. The van der Waals surface area contributed by atoms with E-state index >= 15 is 0 Å². The molecule has 0 atom stereocenters. The molecule has 1 aliphatic rings. The average molecular weight is 583 g/mol. The number of carboxylic acids is 2. The van der Waals surface area contributed by atoms with Gasteiger partial charge in [0.15, 0.2) is 5.78 Å². The minimum absolute atomic E-state index is 0.0546. The lowest BCUT2D eigenvalue weighted by atomic mass is 9.69. The first kappa shape index (κ1) is 29.2. The molecule has 2 N–H and O–H groups in total. The number of carbonyl (C=O) groups is 3. The Kier molecular flexibility index (Phi) is 7.52. The Hall–Kier alpha value is -3.80. The van der Waals surface area contributed by atoms with Crippen LogP contribution in [0.2, 0.25) is 0 Å². The van der Waals surface area contributed by atoms with E-state index in [0.29, 0.717) is 22.6 Å². The Labute approximate surface area is 227 Å². The van der Waals surface area contributed by atoms with E-state index in [-0.39, 0.29) is 11.3 Å². The summed E-state index contributed by atoms with van der Waals surface area (Å²) in [5.41, 5.74) is -7.09. The van der Waals surface area contributed by atoms with Crippen LogP contribution in [0.3, 0.4) is 0 Å². The second-order valence-electron chi connectivity index (χ2n) is 9.47. The Morgan fingerprint density at radius 1 is 0.800 bits per heavy atom. The molecule has 3 aromatic rings. The Bertz CT molecular complexity index is 1450. The number of aryl methyl sites for hydroxylation is 1. The minimum Gasteiger partial charge on any atom is -0.478 e. The first-order valence-electron chi connectivity index (χ1n) is 11.7. The number of alkyl halides is 6. The van der Waals surface area contributed by atoms with E-state index in [4.69, 9.17) is 0 Å². The number of rotatable bonds is 6. The molecule has 0 saturated carbocycles. The summed E-state index contributed by atoms with van der Waals surface area (Å²) >= 11 is 1.04. The van der Waals surface area contributed by atoms with Gasteiger partial charge in [-0.25, -0.2) is 9.59 Å². The molecular weight excluding hydrogens is 562 g/mol. The SMILES string of the molecule is Cc1cccc2c1SCC(Cc1c(C(=O)O)cccc1C(F)(F)F)(Cc1c(C(=O)O)cccc1C(F)(F)F)C2=O. The lowest BCUT2D eigenvalue weighted by molar-refractivity contribution is -0.138. The molecule has 1 aliphatic heterocycles. The molecule has 0 fully saturated rings. The fourth-order valence-electron chi connectivity index (χ4n) is 5.07. The molecule has 0 unspecified atom stereocenters.